The Labute approximate surface area is 122 Å². The van der Waals surface area contributed by atoms with E-state index < -0.39 is 5.97 Å². The Hall–Kier alpha value is -2.63. The van der Waals surface area contributed by atoms with Crippen LogP contribution in [0.3, 0.4) is 0 Å². The van der Waals surface area contributed by atoms with E-state index >= 15 is 0 Å². The number of benzene rings is 1. The Balaban J connectivity index is 1.92. The first-order chi connectivity index (χ1) is 10.2. The quantitative estimate of drug-likeness (QED) is 0.867. The standard InChI is InChI=1S/C15H16N4O2/c1-2-21-14(20)11-9-17-15(18-13(11)16)19-8-7-10-5-3-4-6-12(10)19/h3-6,9H,2,7-8H2,1H3,(H2,16,17,18). The summed E-state index contributed by atoms with van der Waals surface area (Å²) in [5.74, 6) is 0.150. The molecule has 1 aliphatic heterocycles. The highest BCUT2D eigenvalue weighted by molar-refractivity contribution is 5.94. The zero-order valence-corrected chi connectivity index (χ0v) is 11.7. The SMILES string of the molecule is CCOC(=O)c1cnc(N2CCc3ccccc32)nc1N. The lowest BCUT2D eigenvalue weighted by Gasteiger charge is -2.17. The molecule has 6 heteroatoms. The van der Waals surface area contributed by atoms with E-state index in [0.29, 0.717) is 12.6 Å². The van der Waals surface area contributed by atoms with E-state index in [1.54, 1.807) is 6.92 Å². The molecule has 0 spiro atoms. The van der Waals surface area contributed by atoms with Gasteiger partial charge in [0.15, 0.2) is 0 Å². The lowest BCUT2D eigenvalue weighted by atomic mass is 10.2. The predicted octanol–water partition coefficient (Wildman–Crippen LogP) is 1.93. The van der Waals surface area contributed by atoms with Crippen LogP contribution in [0.2, 0.25) is 0 Å². The maximum Gasteiger partial charge on any atom is 0.343 e. The maximum atomic E-state index is 11.7. The number of carbonyl (C=O) groups excluding carboxylic acids is 1. The fourth-order valence-electron chi connectivity index (χ4n) is 2.43. The molecule has 1 aliphatic rings. The molecule has 0 unspecified atom stereocenters. The number of para-hydroxylation sites is 1. The fourth-order valence-corrected chi connectivity index (χ4v) is 2.43. The minimum Gasteiger partial charge on any atom is -0.462 e. The van der Waals surface area contributed by atoms with Gasteiger partial charge >= 0.3 is 5.97 Å². The van der Waals surface area contributed by atoms with Gasteiger partial charge in [-0.25, -0.2) is 9.78 Å². The second-order valence-corrected chi connectivity index (χ2v) is 4.72. The van der Waals surface area contributed by atoms with Crippen molar-refractivity contribution in [2.24, 2.45) is 0 Å². The minimum absolute atomic E-state index is 0.142. The number of hydrogen-bond donors (Lipinski definition) is 1. The number of fused-ring (bicyclic) bond motifs is 1. The maximum absolute atomic E-state index is 11.7. The van der Waals surface area contributed by atoms with Gasteiger partial charge in [-0.15, -0.1) is 0 Å². The summed E-state index contributed by atoms with van der Waals surface area (Å²) in [4.78, 5) is 22.2. The van der Waals surface area contributed by atoms with Gasteiger partial charge in [-0.3, -0.25) is 0 Å². The molecule has 0 aliphatic carbocycles. The molecule has 0 radical (unpaired) electrons. The molecular weight excluding hydrogens is 268 g/mol. The second-order valence-electron chi connectivity index (χ2n) is 4.72. The summed E-state index contributed by atoms with van der Waals surface area (Å²) in [5, 5.41) is 0. The first-order valence-electron chi connectivity index (χ1n) is 6.85. The zero-order chi connectivity index (χ0) is 14.8. The molecule has 108 valence electrons. The van der Waals surface area contributed by atoms with Crippen LogP contribution in [0.15, 0.2) is 30.5 Å². The molecule has 0 saturated carbocycles. The third kappa shape index (κ3) is 2.40. The van der Waals surface area contributed by atoms with Gasteiger partial charge in [0, 0.05) is 18.4 Å². The number of esters is 1. The third-order valence-electron chi connectivity index (χ3n) is 3.43. The fraction of sp³-hybridized carbons (Fsp3) is 0.267. The molecule has 2 N–H and O–H groups in total. The molecule has 2 aromatic rings. The summed E-state index contributed by atoms with van der Waals surface area (Å²) in [6, 6.07) is 8.11. The van der Waals surface area contributed by atoms with Crippen molar-refractivity contribution in [3.8, 4) is 0 Å². The number of nitrogens with zero attached hydrogens (tertiary/aromatic N) is 3. The molecule has 21 heavy (non-hydrogen) atoms. The highest BCUT2D eigenvalue weighted by Gasteiger charge is 2.23. The van der Waals surface area contributed by atoms with E-state index in [9.17, 15) is 4.79 Å². The normalized spacial score (nSPS) is 13.1. The molecular formula is C15H16N4O2. The smallest absolute Gasteiger partial charge is 0.343 e. The largest absolute Gasteiger partial charge is 0.462 e. The van der Waals surface area contributed by atoms with Gasteiger partial charge < -0.3 is 15.4 Å². The second kappa shape index (κ2) is 5.40. The van der Waals surface area contributed by atoms with Gasteiger partial charge in [0.2, 0.25) is 5.95 Å². The molecule has 3 rings (SSSR count). The van der Waals surface area contributed by atoms with Crippen molar-refractivity contribution < 1.29 is 9.53 Å². The summed E-state index contributed by atoms with van der Waals surface area (Å²) in [6.07, 6.45) is 2.37. The zero-order valence-electron chi connectivity index (χ0n) is 11.7. The topological polar surface area (TPSA) is 81.3 Å². The number of carbonyl (C=O) groups is 1. The average Bonchev–Trinajstić information content (AvgIpc) is 2.91. The van der Waals surface area contributed by atoms with E-state index in [1.165, 1.54) is 11.8 Å². The highest BCUT2D eigenvalue weighted by Crippen LogP contribution is 2.32. The van der Waals surface area contributed by atoms with Crippen molar-refractivity contribution >= 4 is 23.4 Å². The summed E-state index contributed by atoms with van der Waals surface area (Å²) in [5.41, 5.74) is 8.41. The van der Waals surface area contributed by atoms with Crippen LogP contribution >= 0.6 is 0 Å². The summed E-state index contributed by atoms with van der Waals surface area (Å²) >= 11 is 0. The Kier molecular flexibility index (Phi) is 3.43. The number of rotatable bonds is 3. The van der Waals surface area contributed by atoms with Gasteiger partial charge in [0.1, 0.15) is 11.4 Å². The number of nitrogens with two attached hydrogens (primary N) is 1. The van der Waals surface area contributed by atoms with Crippen molar-refractivity contribution in [2.45, 2.75) is 13.3 Å². The Morgan fingerprint density at radius 1 is 1.43 bits per heavy atom. The summed E-state index contributed by atoms with van der Waals surface area (Å²) in [7, 11) is 0. The number of ether oxygens (including phenoxy) is 1. The molecule has 6 nitrogen and oxygen atoms in total. The van der Waals surface area contributed by atoms with Crippen LogP contribution in [-0.4, -0.2) is 29.1 Å². The summed E-state index contributed by atoms with van der Waals surface area (Å²) < 4.78 is 4.92. The molecule has 0 atom stereocenters. The molecule has 0 fully saturated rings. The number of aromatic nitrogens is 2. The Morgan fingerprint density at radius 3 is 3.00 bits per heavy atom. The van der Waals surface area contributed by atoms with E-state index in [4.69, 9.17) is 10.5 Å². The van der Waals surface area contributed by atoms with E-state index in [1.807, 2.05) is 23.1 Å². The van der Waals surface area contributed by atoms with Crippen molar-refractivity contribution in [3.05, 3.63) is 41.6 Å². The third-order valence-corrected chi connectivity index (χ3v) is 3.43. The Morgan fingerprint density at radius 2 is 2.24 bits per heavy atom. The number of hydrogen-bond acceptors (Lipinski definition) is 6. The van der Waals surface area contributed by atoms with Crippen LogP contribution in [-0.2, 0) is 11.2 Å². The van der Waals surface area contributed by atoms with E-state index in [0.717, 1.165) is 18.7 Å². The van der Waals surface area contributed by atoms with Crippen LogP contribution in [0.1, 0.15) is 22.8 Å². The van der Waals surface area contributed by atoms with Crippen molar-refractivity contribution in [2.75, 3.05) is 23.8 Å². The van der Waals surface area contributed by atoms with Gasteiger partial charge in [0.05, 0.1) is 6.61 Å². The van der Waals surface area contributed by atoms with Crippen molar-refractivity contribution in [3.63, 3.8) is 0 Å². The van der Waals surface area contributed by atoms with Crippen LogP contribution < -0.4 is 10.6 Å². The monoisotopic (exact) mass is 284 g/mol. The molecule has 0 saturated heterocycles. The van der Waals surface area contributed by atoms with Crippen molar-refractivity contribution in [1.82, 2.24) is 9.97 Å². The molecule has 0 amide bonds. The average molecular weight is 284 g/mol. The molecule has 2 heterocycles. The first kappa shape index (κ1) is 13.4. The van der Waals surface area contributed by atoms with Gasteiger partial charge in [0.25, 0.3) is 0 Å². The number of anilines is 3. The predicted molar refractivity (Wildman–Crippen MR) is 79.6 cm³/mol. The van der Waals surface area contributed by atoms with Crippen molar-refractivity contribution in [1.29, 1.82) is 0 Å². The molecule has 1 aromatic heterocycles. The van der Waals surface area contributed by atoms with E-state index in [2.05, 4.69) is 16.0 Å². The van der Waals surface area contributed by atoms with Gasteiger partial charge in [-0.05, 0) is 25.0 Å². The first-order valence-corrected chi connectivity index (χ1v) is 6.85. The van der Waals surface area contributed by atoms with Gasteiger partial charge in [-0.2, -0.15) is 4.98 Å². The molecule has 0 bridgehead atoms. The van der Waals surface area contributed by atoms with Gasteiger partial charge in [-0.1, -0.05) is 18.2 Å². The lowest BCUT2D eigenvalue weighted by Crippen LogP contribution is -2.19. The minimum atomic E-state index is -0.497. The molecule has 1 aromatic carbocycles. The Bertz CT molecular complexity index is 687. The van der Waals surface area contributed by atoms with E-state index in [-0.39, 0.29) is 11.4 Å². The van der Waals surface area contributed by atoms with Crippen LogP contribution in [0, 0.1) is 0 Å². The highest BCUT2D eigenvalue weighted by atomic mass is 16.5. The lowest BCUT2D eigenvalue weighted by molar-refractivity contribution is 0.0527. The van der Waals surface area contributed by atoms with Crippen LogP contribution in [0.25, 0.3) is 0 Å². The number of nitrogen functional groups attached to an aromatic ring is 1. The van der Waals surface area contributed by atoms with Crippen LogP contribution in [0.4, 0.5) is 17.5 Å². The van der Waals surface area contributed by atoms with Crippen LogP contribution in [0.5, 0.6) is 0 Å². The summed E-state index contributed by atoms with van der Waals surface area (Å²) in [6.45, 7) is 2.83.